The summed E-state index contributed by atoms with van der Waals surface area (Å²) < 4.78 is 10.7. The van der Waals surface area contributed by atoms with Crippen LogP contribution in [0.3, 0.4) is 0 Å². The molecule has 4 heteroatoms. The van der Waals surface area contributed by atoms with Gasteiger partial charge >= 0.3 is 0 Å². The second kappa shape index (κ2) is 8.12. The van der Waals surface area contributed by atoms with Crippen LogP contribution in [0.4, 0.5) is 0 Å². The first-order valence-corrected chi connectivity index (χ1v) is 7.26. The molecule has 114 valence electrons. The third kappa shape index (κ3) is 3.87. The van der Waals surface area contributed by atoms with E-state index in [2.05, 4.69) is 25.8 Å². The summed E-state index contributed by atoms with van der Waals surface area (Å²) in [5.74, 6) is 1.60. The molecular weight excluding hydrogens is 252 g/mol. The number of ether oxygens (including phenoxy) is 2. The fraction of sp³-hybridized carbons (Fsp3) is 0.625. The highest BCUT2D eigenvalue weighted by molar-refractivity contribution is 5.40. The number of nitrogens with zero attached hydrogens (tertiary/aromatic N) is 1. The third-order valence-corrected chi connectivity index (χ3v) is 3.99. The van der Waals surface area contributed by atoms with Gasteiger partial charge in [-0.05, 0) is 37.6 Å². The van der Waals surface area contributed by atoms with Gasteiger partial charge in [0.05, 0.1) is 14.2 Å². The van der Waals surface area contributed by atoms with Crippen LogP contribution in [0.2, 0.25) is 0 Å². The lowest BCUT2D eigenvalue weighted by Crippen LogP contribution is -2.38. The van der Waals surface area contributed by atoms with Crippen LogP contribution < -0.4 is 15.2 Å². The maximum atomic E-state index is 6.01. The average molecular weight is 280 g/mol. The van der Waals surface area contributed by atoms with Crippen molar-refractivity contribution in [3.8, 4) is 11.5 Å². The van der Waals surface area contributed by atoms with Crippen LogP contribution in [0.25, 0.3) is 0 Å². The van der Waals surface area contributed by atoms with Crippen molar-refractivity contribution >= 4 is 0 Å². The molecule has 4 nitrogen and oxygen atoms in total. The van der Waals surface area contributed by atoms with E-state index in [4.69, 9.17) is 15.2 Å². The van der Waals surface area contributed by atoms with E-state index >= 15 is 0 Å². The van der Waals surface area contributed by atoms with Gasteiger partial charge in [-0.25, -0.2) is 0 Å². The zero-order valence-electron chi connectivity index (χ0n) is 13.3. The predicted molar refractivity (Wildman–Crippen MR) is 83.5 cm³/mol. The molecule has 20 heavy (non-hydrogen) atoms. The van der Waals surface area contributed by atoms with Crippen molar-refractivity contribution in [1.29, 1.82) is 0 Å². The number of nitrogens with two attached hydrogens (primary N) is 1. The molecule has 2 N–H and O–H groups in total. The molecule has 0 aliphatic heterocycles. The topological polar surface area (TPSA) is 47.7 Å². The molecule has 0 aliphatic rings. The fourth-order valence-corrected chi connectivity index (χ4v) is 2.68. The van der Waals surface area contributed by atoms with E-state index in [0.29, 0.717) is 12.6 Å². The monoisotopic (exact) mass is 280 g/mol. The van der Waals surface area contributed by atoms with Crippen molar-refractivity contribution in [2.24, 2.45) is 5.73 Å². The molecule has 0 aromatic heterocycles. The molecular formula is C16H28N2O2. The van der Waals surface area contributed by atoms with Gasteiger partial charge in [0.2, 0.25) is 0 Å². The quantitative estimate of drug-likeness (QED) is 0.795. The van der Waals surface area contributed by atoms with Gasteiger partial charge in [-0.3, -0.25) is 4.90 Å². The summed E-state index contributed by atoms with van der Waals surface area (Å²) in [5, 5.41) is 0. The van der Waals surface area contributed by atoms with Crippen LogP contribution in [0, 0.1) is 0 Å². The van der Waals surface area contributed by atoms with Crippen molar-refractivity contribution in [1.82, 2.24) is 4.90 Å². The number of hydrogen-bond acceptors (Lipinski definition) is 4. The average Bonchev–Trinajstić information content (AvgIpc) is 2.48. The fourth-order valence-electron chi connectivity index (χ4n) is 2.68. The Hall–Kier alpha value is -1.26. The standard InChI is InChI=1S/C16H28N2O2/c1-6-13(7-2)18(3)16(11-17)12-8-14(19-4)10-15(9-12)20-5/h8-10,13,16H,6-7,11,17H2,1-5H3. The summed E-state index contributed by atoms with van der Waals surface area (Å²) in [6.07, 6.45) is 2.23. The number of benzene rings is 1. The number of hydrogen-bond donors (Lipinski definition) is 1. The van der Waals surface area contributed by atoms with E-state index in [0.717, 1.165) is 29.9 Å². The summed E-state index contributed by atoms with van der Waals surface area (Å²) in [7, 11) is 5.47. The maximum Gasteiger partial charge on any atom is 0.122 e. The predicted octanol–water partition coefficient (Wildman–Crippen LogP) is 2.82. The smallest absolute Gasteiger partial charge is 0.122 e. The molecule has 0 heterocycles. The minimum absolute atomic E-state index is 0.170. The lowest BCUT2D eigenvalue weighted by Gasteiger charge is -2.34. The highest BCUT2D eigenvalue weighted by atomic mass is 16.5. The Labute approximate surface area is 122 Å². The molecule has 0 saturated carbocycles. The second-order valence-electron chi connectivity index (χ2n) is 5.03. The highest BCUT2D eigenvalue weighted by Crippen LogP contribution is 2.30. The maximum absolute atomic E-state index is 6.01. The van der Waals surface area contributed by atoms with E-state index in [1.54, 1.807) is 14.2 Å². The minimum Gasteiger partial charge on any atom is -0.497 e. The van der Waals surface area contributed by atoms with Crippen LogP contribution >= 0.6 is 0 Å². The van der Waals surface area contributed by atoms with Crippen molar-refractivity contribution in [2.75, 3.05) is 27.8 Å². The highest BCUT2D eigenvalue weighted by Gasteiger charge is 2.22. The van der Waals surface area contributed by atoms with Gasteiger partial charge < -0.3 is 15.2 Å². The van der Waals surface area contributed by atoms with Crippen LogP contribution in [0.5, 0.6) is 11.5 Å². The number of likely N-dealkylation sites (N-methyl/N-ethyl adjacent to an activating group) is 1. The van der Waals surface area contributed by atoms with Crippen molar-refractivity contribution in [2.45, 2.75) is 38.8 Å². The van der Waals surface area contributed by atoms with E-state index in [-0.39, 0.29) is 6.04 Å². The molecule has 0 amide bonds. The van der Waals surface area contributed by atoms with Crippen molar-refractivity contribution < 1.29 is 9.47 Å². The Balaban J connectivity index is 3.10. The third-order valence-electron chi connectivity index (χ3n) is 3.99. The molecule has 0 saturated heterocycles. The molecule has 1 rings (SSSR count). The first kappa shape index (κ1) is 16.8. The van der Waals surface area contributed by atoms with Gasteiger partial charge in [0.15, 0.2) is 0 Å². The molecule has 1 aromatic carbocycles. The Morgan fingerprint density at radius 2 is 1.55 bits per heavy atom. The van der Waals surface area contributed by atoms with Gasteiger partial charge in [-0.15, -0.1) is 0 Å². The first-order chi connectivity index (χ1) is 9.60. The molecule has 0 spiro atoms. The van der Waals surface area contributed by atoms with Crippen LogP contribution in [0.1, 0.15) is 38.3 Å². The lowest BCUT2D eigenvalue weighted by molar-refractivity contribution is 0.167. The number of methoxy groups -OCH3 is 2. The summed E-state index contributed by atoms with van der Waals surface area (Å²) >= 11 is 0. The van der Waals surface area contributed by atoms with Crippen LogP contribution in [-0.4, -0.2) is 38.8 Å². The van der Waals surface area contributed by atoms with E-state index in [1.807, 2.05) is 18.2 Å². The Bertz CT molecular complexity index is 383. The molecule has 0 radical (unpaired) electrons. The van der Waals surface area contributed by atoms with E-state index in [1.165, 1.54) is 0 Å². The zero-order chi connectivity index (χ0) is 15.1. The van der Waals surface area contributed by atoms with Gasteiger partial charge in [-0.1, -0.05) is 13.8 Å². The minimum atomic E-state index is 0.170. The first-order valence-electron chi connectivity index (χ1n) is 7.26. The second-order valence-corrected chi connectivity index (χ2v) is 5.03. The molecule has 0 aliphatic carbocycles. The van der Waals surface area contributed by atoms with E-state index < -0.39 is 0 Å². The van der Waals surface area contributed by atoms with Gasteiger partial charge in [0.1, 0.15) is 11.5 Å². The molecule has 0 bridgehead atoms. The van der Waals surface area contributed by atoms with Crippen LogP contribution in [0.15, 0.2) is 18.2 Å². The molecule has 1 unspecified atom stereocenters. The van der Waals surface area contributed by atoms with Crippen molar-refractivity contribution in [3.05, 3.63) is 23.8 Å². The van der Waals surface area contributed by atoms with Gasteiger partial charge in [0.25, 0.3) is 0 Å². The zero-order valence-corrected chi connectivity index (χ0v) is 13.3. The largest absolute Gasteiger partial charge is 0.497 e. The summed E-state index contributed by atoms with van der Waals surface area (Å²) in [6, 6.07) is 6.66. The van der Waals surface area contributed by atoms with Gasteiger partial charge in [0, 0.05) is 24.7 Å². The molecule has 1 atom stereocenters. The Morgan fingerprint density at radius 3 is 1.90 bits per heavy atom. The van der Waals surface area contributed by atoms with Crippen LogP contribution in [-0.2, 0) is 0 Å². The summed E-state index contributed by atoms with van der Waals surface area (Å²) in [5.41, 5.74) is 7.15. The SMILES string of the molecule is CCC(CC)N(C)C(CN)c1cc(OC)cc(OC)c1. The normalized spacial score (nSPS) is 12.8. The summed E-state index contributed by atoms with van der Waals surface area (Å²) in [4.78, 5) is 2.36. The Kier molecular flexibility index (Phi) is 6.82. The molecule has 0 fully saturated rings. The lowest BCUT2D eigenvalue weighted by atomic mass is 10.0. The summed E-state index contributed by atoms with van der Waals surface area (Å²) in [6.45, 7) is 5.00. The van der Waals surface area contributed by atoms with Crippen molar-refractivity contribution in [3.63, 3.8) is 0 Å². The van der Waals surface area contributed by atoms with Gasteiger partial charge in [-0.2, -0.15) is 0 Å². The van der Waals surface area contributed by atoms with E-state index in [9.17, 15) is 0 Å². The molecule has 1 aromatic rings. The number of rotatable bonds is 8. The Morgan fingerprint density at radius 1 is 1.05 bits per heavy atom.